The van der Waals surface area contributed by atoms with E-state index in [-0.39, 0.29) is 0 Å². The van der Waals surface area contributed by atoms with Crippen molar-refractivity contribution in [2.75, 3.05) is 46.3 Å². The highest BCUT2D eigenvalue weighted by molar-refractivity contribution is 5.53. The molecule has 2 N–H and O–H groups in total. The topological polar surface area (TPSA) is 60.6 Å². The quantitative estimate of drug-likeness (QED) is 0.699. The first-order valence-corrected chi connectivity index (χ1v) is 7.01. The van der Waals surface area contributed by atoms with Crippen molar-refractivity contribution in [3.05, 3.63) is 23.0 Å². The van der Waals surface area contributed by atoms with Gasteiger partial charge in [-0.2, -0.15) is 0 Å². The third kappa shape index (κ3) is 5.07. The summed E-state index contributed by atoms with van der Waals surface area (Å²) in [5.41, 5.74) is 10.1. The average molecular weight is 281 g/mol. The molecule has 0 aromatic carbocycles. The molecule has 0 unspecified atom stereocenters. The summed E-state index contributed by atoms with van der Waals surface area (Å²) in [6.45, 7) is 8.15. The fourth-order valence-electron chi connectivity index (χ4n) is 2.09. The molecule has 0 fully saturated rings. The van der Waals surface area contributed by atoms with Gasteiger partial charge in [0.2, 0.25) is 0 Å². The summed E-state index contributed by atoms with van der Waals surface area (Å²) in [6.07, 6.45) is 2.85. The van der Waals surface area contributed by atoms with Gasteiger partial charge < -0.3 is 15.2 Å². The van der Waals surface area contributed by atoms with Gasteiger partial charge in [0.05, 0.1) is 12.3 Å². The summed E-state index contributed by atoms with van der Waals surface area (Å²) in [7, 11) is 3.45. The van der Waals surface area contributed by atoms with Crippen LogP contribution in [0.15, 0.2) is 6.20 Å². The molecule has 0 spiro atoms. The van der Waals surface area contributed by atoms with Crippen LogP contribution < -0.4 is 5.73 Å². The number of pyridine rings is 1. The molecule has 0 saturated heterocycles. The van der Waals surface area contributed by atoms with Gasteiger partial charge in [-0.15, -0.1) is 0 Å². The van der Waals surface area contributed by atoms with Crippen LogP contribution in [0.25, 0.3) is 0 Å². The summed E-state index contributed by atoms with van der Waals surface area (Å²) >= 11 is 0. The number of anilines is 1. The van der Waals surface area contributed by atoms with Crippen LogP contribution in [-0.2, 0) is 16.0 Å². The van der Waals surface area contributed by atoms with Gasteiger partial charge in [0.25, 0.3) is 0 Å². The Morgan fingerprint density at radius 1 is 1.15 bits per heavy atom. The summed E-state index contributed by atoms with van der Waals surface area (Å²) in [5.74, 6) is 0. The van der Waals surface area contributed by atoms with E-state index in [2.05, 4.69) is 9.88 Å². The fraction of sp³-hybridized carbons (Fsp3) is 0.667. The molecule has 0 bridgehead atoms. The predicted octanol–water partition coefficient (Wildman–Crippen LogP) is 1.77. The van der Waals surface area contributed by atoms with Crippen LogP contribution in [0.2, 0.25) is 0 Å². The number of rotatable bonds is 9. The molecule has 5 nitrogen and oxygen atoms in total. The summed E-state index contributed by atoms with van der Waals surface area (Å²) in [4.78, 5) is 6.85. The number of aryl methyl sites for hydroxylation is 1. The van der Waals surface area contributed by atoms with Crippen molar-refractivity contribution in [1.29, 1.82) is 0 Å². The molecule has 0 aliphatic heterocycles. The fourth-order valence-corrected chi connectivity index (χ4v) is 2.09. The Morgan fingerprint density at radius 2 is 1.85 bits per heavy atom. The lowest BCUT2D eigenvalue weighted by Gasteiger charge is -2.23. The molecule has 20 heavy (non-hydrogen) atoms. The minimum absolute atomic E-state index is 0.716. The molecule has 0 amide bonds. The zero-order valence-corrected chi connectivity index (χ0v) is 13.1. The minimum atomic E-state index is 0.716. The highest BCUT2D eigenvalue weighted by Crippen LogP contribution is 2.19. The third-order valence-corrected chi connectivity index (χ3v) is 3.48. The smallest absolute Gasteiger partial charge is 0.0593 e. The molecule has 0 radical (unpaired) electrons. The van der Waals surface area contributed by atoms with Crippen LogP contribution in [0.1, 0.15) is 23.2 Å². The Bertz CT molecular complexity index is 410. The summed E-state index contributed by atoms with van der Waals surface area (Å²) < 4.78 is 10.3. The standard InChI is InChI=1S/C15H27N3O2/c1-12-10-17-14(13(2)15(12)16)11-18(7-9-20-4)6-5-8-19-3/h10H,5-9,11H2,1-4H3,(H2,16,17). The Balaban J connectivity index is 2.70. The van der Waals surface area contributed by atoms with Crippen LogP contribution >= 0.6 is 0 Å². The molecule has 0 saturated carbocycles. The molecule has 1 aromatic rings. The molecule has 114 valence electrons. The summed E-state index contributed by atoms with van der Waals surface area (Å²) in [5, 5.41) is 0. The van der Waals surface area contributed by atoms with Crippen LogP contribution in [0.4, 0.5) is 5.69 Å². The van der Waals surface area contributed by atoms with Crippen molar-refractivity contribution in [2.45, 2.75) is 26.8 Å². The third-order valence-electron chi connectivity index (χ3n) is 3.48. The van der Waals surface area contributed by atoms with E-state index in [0.717, 1.165) is 55.2 Å². The average Bonchev–Trinajstić information content (AvgIpc) is 2.45. The van der Waals surface area contributed by atoms with E-state index < -0.39 is 0 Å². The highest BCUT2D eigenvalue weighted by Gasteiger charge is 2.11. The maximum absolute atomic E-state index is 6.08. The van der Waals surface area contributed by atoms with E-state index in [9.17, 15) is 0 Å². The number of nitrogen functional groups attached to an aromatic ring is 1. The molecule has 0 aliphatic rings. The lowest BCUT2D eigenvalue weighted by molar-refractivity contribution is 0.128. The van der Waals surface area contributed by atoms with Gasteiger partial charge in [-0.05, 0) is 31.4 Å². The Labute approximate surface area is 122 Å². The van der Waals surface area contributed by atoms with Gasteiger partial charge in [0.1, 0.15) is 0 Å². The van der Waals surface area contributed by atoms with Crippen molar-refractivity contribution >= 4 is 5.69 Å². The number of hydrogen-bond donors (Lipinski definition) is 1. The molecule has 5 heteroatoms. The van der Waals surface area contributed by atoms with Crippen molar-refractivity contribution in [1.82, 2.24) is 9.88 Å². The van der Waals surface area contributed by atoms with E-state index in [0.29, 0.717) is 6.61 Å². The molecule has 1 rings (SSSR count). The molecular formula is C15H27N3O2. The van der Waals surface area contributed by atoms with Gasteiger partial charge >= 0.3 is 0 Å². The second-order valence-electron chi connectivity index (χ2n) is 5.04. The molecule has 0 aliphatic carbocycles. The lowest BCUT2D eigenvalue weighted by Crippen LogP contribution is -2.29. The second-order valence-corrected chi connectivity index (χ2v) is 5.04. The maximum Gasteiger partial charge on any atom is 0.0593 e. The van der Waals surface area contributed by atoms with Crippen molar-refractivity contribution < 1.29 is 9.47 Å². The van der Waals surface area contributed by atoms with Crippen molar-refractivity contribution in [3.63, 3.8) is 0 Å². The van der Waals surface area contributed by atoms with Crippen LogP contribution in [0, 0.1) is 13.8 Å². The first kappa shape index (κ1) is 16.9. The van der Waals surface area contributed by atoms with Gasteiger partial charge in [0, 0.05) is 52.3 Å². The zero-order valence-electron chi connectivity index (χ0n) is 13.1. The van der Waals surface area contributed by atoms with Gasteiger partial charge in [-0.3, -0.25) is 9.88 Å². The molecule has 0 atom stereocenters. The number of nitrogens with zero attached hydrogens (tertiary/aromatic N) is 2. The van der Waals surface area contributed by atoms with Gasteiger partial charge in [-0.25, -0.2) is 0 Å². The first-order valence-electron chi connectivity index (χ1n) is 7.01. The minimum Gasteiger partial charge on any atom is -0.398 e. The molecular weight excluding hydrogens is 254 g/mol. The van der Waals surface area contributed by atoms with E-state index in [1.807, 2.05) is 20.0 Å². The highest BCUT2D eigenvalue weighted by atomic mass is 16.5. The number of ether oxygens (including phenoxy) is 2. The van der Waals surface area contributed by atoms with Crippen molar-refractivity contribution in [2.24, 2.45) is 0 Å². The van der Waals surface area contributed by atoms with E-state index in [1.165, 1.54) is 0 Å². The number of hydrogen-bond acceptors (Lipinski definition) is 5. The van der Waals surface area contributed by atoms with E-state index >= 15 is 0 Å². The van der Waals surface area contributed by atoms with E-state index in [4.69, 9.17) is 15.2 Å². The monoisotopic (exact) mass is 281 g/mol. The van der Waals surface area contributed by atoms with Crippen molar-refractivity contribution in [3.8, 4) is 0 Å². The number of nitrogens with two attached hydrogens (primary N) is 1. The predicted molar refractivity (Wildman–Crippen MR) is 81.8 cm³/mol. The summed E-state index contributed by atoms with van der Waals surface area (Å²) in [6, 6.07) is 0. The number of methoxy groups -OCH3 is 2. The Kier molecular flexibility index (Phi) is 7.51. The normalized spacial score (nSPS) is 11.2. The Morgan fingerprint density at radius 3 is 2.50 bits per heavy atom. The van der Waals surface area contributed by atoms with E-state index in [1.54, 1.807) is 14.2 Å². The van der Waals surface area contributed by atoms with Crippen LogP contribution in [-0.4, -0.2) is 50.4 Å². The lowest BCUT2D eigenvalue weighted by atomic mass is 10.1. The van der Waals surface area contributed by atoms with Crippen LogP contribution in [0.5, 0.6) is 0 Å². The largest absolute Gasteiger partial charge is 0.398 e. The van der Waals surface area contributed by atoms with Gasteiger partial charge in [-0.1, -0.05) is 0 Å². The first-order chi connectivity index (χ1) is 9.60. The van der Waals surface area contributed by atoms with Crippen LogP contribution in [0.3, 0.4) is 0 Å². The second kappa shape index (κ2) is 8.89. The van der Waals surface area contributed by atoms with Gasteiger partial charge in [0.15, 0.2) is 0 Å². The zero-order chi connectivity index (χ0) is 15.0. The number of aromatic nitrogens is 1. The molecule has 1 heterocycles. The molecule has 1 aromatic heterocycles. The maximum atomic E-state index is 6.08. The SMILES string of the molecule is COCCCN(CCOC)Cc1ncc(C)c(N)c1C. The Hall–Kier alpha value is -1.17.